The van der Waals surface area contributed by atoms with Crippen LogP contribution in [0.5, 0.6) is 0 Å². The Kier molecular flexibility index (Phi) is 4.47. The van der Waals surface area contributed by atoms with Crippen molar-refractivity contribution in [3.8, 4) is 0 Å². The Morgan fingerprint density at radius 1 is 0.957 bits per heavy atom. The van der Waals surface area contributed by atoms with E-state index in [1.807, 2.05) is 43.3 Å². The molecule has 23 heavy (non-hydrogen) atoms. The summed E-state index contributed by atoms with van der Waals surface area (Å²) in [6.45, 7) is 2.49. The first-order valence-corrected chi connectivity index (χ1v) is 7.35. The van der Waals surface area contributed by atoms with Crippen molar-refractivity contribution in [2.75, 3.05) is 10.6 Å². The summed E-state index contributed by atoms with van der Waals surface area (Å²) in [5, 5.41) is 6.41. The van der Waals surface area contributed by atoms with Gasteiger partial charge < -0.3 is 10.6 Å². The summed E-state index contributed by atoms with van der Waals surface area (Å²) < 4.78 is 12.9. The van der Waals surface area contributed by atoms with Crippen molar-refractivity contribution >= 4 is 17.5 Å². The zero-order chi connectivity index (χ0) is 16.1. The van der Waals surface area contributed by atoms with E-state index >= 15 is 0 Å². The van der Waals surface area contributed by atoms with Gasteiger partial charge in [-0.05, 0) is 36.8 Å². The lowest BCUT2D eigenvalue weighted by Crippen LogP contribution is -2.05. The van der Waals surface area contributed by atoms with E-state index in [2.05, 4.69) is 20.6 Å². The van der Waals surface area contributed by atoms with Gasteiger partial charge in [-0.15, -0.1) is 0 Å². The van der Waals surface area contributed by atoms with Crippen molar-refractivity contribution in [2.24, 2.45) is 0 Å². The van der Waals surface area contributed by atoms with Crippen LogP contribution in [0, 0.1) is 12.7 Å². The van der Waals surface area contributed by atoms with Gasteiger partial charge in [0.25, 0.3) is 0 Å². The highest BCUT2D eigenvalue weighted by atomic mass is 19.1. The van der Waals surface area contributed by atoms with Gasteiger partial charge in [0.1, 0.15) is 11.6 Å². The maximum atomic E-state index is 12.9. The number of halogens is 1. The lowest BCUT2D eigenvalue weighted by molar-refractivity contribution is 0.627. The second-order valence-corrected chi connectivity index (χ2v) is 5.19. The maximum absolute atomic E-state index is 12.9. The zero-order valence-electron chi connectivity index (χ0n) is 12.8. The molecular weight excluding hydrogens is 291 g/mol. The first-order chi connectivity index (χ1) is 11.2. The molecule has 0 radical (unpaired) electrons. The van der Waals surface area contributed by atoms with Crippen molar-refractivity contribution in [1.29, 1.82) is 0 Å². The van der Waals surface area contributed by atoms with Crippen molar-refractivity contribution < 1.29 is 4.39 Å². The summed E-state index contributed by atoms with van der Waals surface area (Å²) in [6, 6.07) is 18.0. The highest BCUT2D eigenvalue weighted by Crippen LogP contribution is 2.16. The molecule has 0 bridgehead atoms. The van der Waals surface area contributed by atoms with E-state index in [1.54, 1.807) is 12.1 Å². The molecule has 1 aromatic heterocycles. The minimum atomic E-state index is -0.235. The van der Waals surface area contributed by atoms with Crippen LogP contribution in [0.4, 0.5) is 21.8 Å². The van der Waals surface area contributed by atoms with Crippen LogP contribution in [-0.2, 0) is 6.54 Å². The van der Waals surface area contributed by atoms with Crippen LogP contribution in [0.15, 0.2) is 60.7 Å². The number of aromatic nitrogens is 2. The van der Waals surface area contributed by atoms with Crippen molar-refractivity contribution in [1.82, 2.24) is 9.97 Å². The molecule has 0 fully saturated rings. The van der Waals surface area contributed by atoms with E-state index in [4.69, 9.17) is 0 Å². The molecule has 0 atom stereocenters. The molecule has 0 saturated carbocycles. The minimum absolute atomic E-state index is 0.235. The number of aryl methyl sites for hydroxylation is 1. The molecule has 1 heterocycles. The highest BCUT2D eigenvalue weighted by Gasteiger charge is 2.03. The van der Waals surface area contributed by atoms with Gasteiger partial charge in [0.15, 0.2) is 0 Å². The van der Waals surface area contributed by atoms with E-state index in [0.717, 1.165) is 22.8 Å². The number of nitrogens with zero attached hydrogens (tertiary/aromatic N) is 2. The van der Waals surface area contributed by atoms with Gasteiger partial charge in [-0.1, -0.05) is 30.3 Å². The largest absolute Gasteiger partial charge is 0.366 e. The molecule has 0 aliphatic carbocycles. The third-order valence-corrected chi connectivity index (χ3v) is 3.27. The fraction of sp³-hybridized carbons (Fsp3) is 0.111. The van der Waals surface area contributed by atoms with Crippen LogP contribution in [-0.4, -0.2) is 9.97 Å². The lowest BCUT2D eigenvalue weighted by Gasteiger charge is -2.10. The summed E-state index contributed by atoms with van der Waals surface area (Å²) in [5.74, 6) is 1.03. The average molecular weight is 308 g/mol. The fourth-order valence-electron chi connectivity index (χ4n) is 2.16. The SMILES string of the molecule is Cc1cc(NCc2ccc(F)cc2)nc(Nc2ccccc2)n1. The summed E-state index contributed by atoms with van der Waals surface area (Å²) in [5.41, 5.74) is 2.78. The predicted molar refractivity (Wildman–Crippen MR) is 90.2 cm³/mol. The lowest BCUT2D eigenvalue weighted by atomic mass is 10.2. The Hall–Kier alpha value is -2.95. The quantitative estimate of drug-likeness (QED) is 0.738. The summed E-state index contributed by atoms with van der Waals surface area (Å²) in [4.78, 5) is 8.84. The van der Waals surface area contributed by atoms with Gasteiger partial charge in [0.05, 0.1) is 0 Å². The van der Waals surface area contributed by atoms with E-state index < -0.39 is 0 Å². The Bertz CT molecular complexity index is 773. The highest BCUT2D eigenvalue weighted by molar-refractivity contribution is 5.55. The normalized spacial score (nSPS) is 10.3. The molecule has 0 aliphatic rings. The number of hydrogen-bond donors (Lipinski definition) is 2. The van der Waals surface area contributed by atoms with Crippen molar-refractivity contribution in [3.05, 3.63) is 77.7 Å². The number of para-hydroxylation sites is 1. The van der Waals surface area contributed by atoms with Gasteiger partial charge in [0, 0.05) is 24.0 Å². The number of rotatable bonds is 5. The number of anilines is 3. The first kappa shape index (κ1) is 15.0. The van der Waals surface area contributed by atoms with Crippen LogP contribution >= 0.6 is 0 Å². The van der Waals surface area contributed by atoms with Gasteiger partial charge in [-0.3, -0.25) is 0 Å². The fourth-order valence-corrected chi connectivity index (χ4v) is 2.16. The zero-order valence-corrected chi connectivity index (χ0v) is 12.8. The summed E-state index contributed by atoms with van der Waals surface area (Å²) in [7, 11) is 0. The summed E-state index contributed by atoms with van der Waals surface area (Å²) in [6.07, 6.45) is 0. The van der Waals surface area contributed by atoms with Gasteiger partial charge in [-0.25, -0.2) is 9.37 Å². The number of hydrogen-bond acceptors (Lipinski definition) is 4. The minimum Gasteiger partial charge on any atom is -0.366 e. The Labute approximate surface area is 134 Å². The molecule has 0 amide bonds. The Balaban J connectivity index is 1.71. The van der Waals surface area contributed by atoms with E-state index in [-0.39, 0.29) is 5.82 Å². The standard InChI is InChI=1S/C18H17FN4/c1-13-11-17(20-12-14-7-9-15(19)10-8-14)23-18(21-13)22-16-5-3-2-4-6-16/h2-11H,12H2,1H3,(H2,20,21,22,23). The van der Waals surface area contributed by atoms with Crippen molar-refractivity contribution in [3.63, 3.8) is 0 Å². The molecule has 2 N–H and O–H groups in total. The molecule has 5 heteroatoms. The van der Waals surface area contributed by atoms with Gasteiger partial charge in [-0.2, -0.15) is 4.98 Å². The van der Waals surface area contributed by atoms with Crippen molar-refractivity contribution in [2.45, 2.75) is 13.5 Å². The Morgan fingerprint density at radius 3 is 2.43 bits per heavy atom. The molecule has 0 saturated heterocycles. The number of nitrogens with one attached hydrogen (secondary N) is 2. The van der Waals surface area contributed by atoms with Crippen LogP contribution in [0.2, 0.25) is 0 Å². The molecule has 2 aromatic carbocycles. The van der Waals surface area contributed by atoms with Gasteiger partial charge >= 0.3 is 0 Å². The van der Waals surface area contributed by atoms with E-state index in [9.17, 15) is 4.39 Å². The molecule has 116 valence electrons. The average Bonchev–Trinajstić information content (AvgIpc) is 2.55. The predicted octanol–water partition coefficient (Wildman–Crippen LogP) is 4.28. The molecule has 0 spiro atoms. The molecule has 0 unspecified atom stereocenters. The van der Waals surface area contributed by atoms with Gasteiger partial charge in [0.2, 0.25) is 5.95 Å². The molecule has 3 rings (SSSR count). The monoisotopic (exact) mass is 308 g/mol. The smallest absolute Gasteiger partial charge is 0.229 e. The van der Waals surface area contributed by atoms with E-state index in [0.29, 0.717) is 12.5 Å². The second-order valence-electron chi connectivity index (χ2n) is 5.19. The number of benzene rings is 2. The van der Waals surface area contributed by atoms with Crippen LogP contribution < -0.4 is 10.6 Å². The van der Waals surface area contributed by atoms with Crippen LogP contribution in [0.25, 0.3) is 0 Å². The van der Waals surface area contributed by atoms with E-state index in [1.165, 1.54) is 12.1 Å². The van der Waals surface area contributed by atoms with Crippen LogP contribution in [0.1, 0.15) is 11.3 Å². The molecular formula is C18H17FN4. The second kappa shape index (κ2) is 6.87. The van der Waals surface area contributed by atoms with Crippen LogP contribution in [0.3, 0.4) is 0 Å². The summed E-state index contributed by atoms with van der Waals surface area (Å²) >= 11 is 0. The molecule has 3 aromatic rings. The third-order valence-electron chi connectivity index (χ3n) is 3.27. The Morgan fingerprint density at radius 2 is 1.70 bits per heavy atom. The third kappa shape index (κ3) is 4.26. The molecule has 4 nitrogen and oxygen atoms in total. The molecule has 0 aliphatic heterocycles. The topological polar surface area (TPSA) is 49.8 Å². The first-order valence-electron chi connectivity index (χ1n) is 7.35. The maximum Gasteiger partial charge on any atom is 0.229 e.